The van der Waals surface area contributed by atoms with Crippen LogP contribution in [-0.4, -0.2) is 4.98 Å². The number of oxazole rings is 1. The zero-order valence-corrected chi connectivity index (χ0v) is 13.8. The van der Waals surface area contributed by atoms with Crippen LogP contribution in [0.25, 0.3) is 0 Å². The maximum absolute atomic E-state index is 9.14. The smallest absolute Gasteiger partial charge is 0.236 e. The van der Waals surface area contributed by atoms with Gasteiger partial charge in [-0.05, 0) is 30.3 Å². The summed E-state index contributed by atoms with van der Waals surface area (Å²) in [6.07, 6.45) is 1.57. The van der Waals surface area contributed by atoms with E-state index in [9.17, 15) is 0 Å². The lowest BCUT2D eigenvalue weighted by atomic mass is 10.3. The molecule has 0 unspecified atom stereocenters. The third kappa shape index (κ3) is 3.82. The number of aromatic nitrogens is 1. The number of hydrogen-bond acceptors (Lipinski definition) is 6. The van der Waals surface area contributed by atoms with E-state index in [0.29, 0.717) is 28.1 Å². The number of nitrogens with one attached hydrogen (secondary N) is 1. The average molecular weight is 364 g/mol. The number of rotatable bonds is 6. The Kier molecular flexibility index (Phi) is 4.94. The summed E-state index contributed by atoms with van der Waals surface area (Å²) in [5.41, 5.74) is 0.141. The predicted octanol–water partition coefficient (Wildman–Crippen LogP) is 4.64. The quantitative estimate of drug-likeness (QED) is 0.686. The van der Waals surface area contributed by atoms with E-state index in [1.807, 2.05) is 12.1 Å². The maximum Gasteiger partial charge on any atom is 0.236 e. The molecule has 0 radical (unpaired) electrons. The summed E-state index contributed by atoms with van der Waals surface area (Å²) in [5.74, 6) is 1.66. The second kappa shape index (κ2) is 7.30. The van der Waals surface area contributed by atoms with Gasteiger partial charge in [-0.1, -0.05) is 23.2 Å². The number of nitrogens with zero attached hydrogens (tertiary/aromatic N) is 2. The fraction of sp³-hybridized carbons (Fsp3) is 0.125. The van der Waals surface area contributed by atoms with E-state index >= 15 is 0 Å². The molecule has 2 heterocycles. The molecule has 0 bridgehead atoms. The molecule has 3 rings (SSSR count). The van der Waals surface area contributed by atoms with Gasteiger partial charge in [-0.15, -0.1) is 0 Å². The van der Waals surface area contributed by atoms with Gasteiger partial charge >= 0.3 is 0 Å². The van der Waals surface area contributed by atoms with E-state index in [1.54, 1.807) is 30.5 Å². The lowest BCUT2D eigenvalue weighted by molar-refractivity contribution is 0.265. The SMILES string of the molecule is N#Cc1nc(COc2ccc(Cl)cc2Cl)oc1NCc1ccco1. The molecule has 8 heteroatoms. The highest BCUT2D eigenvalue weighted by molar-refractivity contribution is 6.35. The minimum absolute atomic E-state index is 0.0263. The first kappa shape index (κ1) is 16.2. The summed E-state index contributed by atoms with van der Waals surface area (Å²) in [6, 6.07) is 10.4. The normalized spacial score (nSPS) is 10.4. The molecule has 6 nitrogen and oxygen atoms in total. The van der Waals surface area contributed by atoms with Crippen LogP contribution in [0.2, 0.25) is 10.0 Å². The Morgan fingerprint density at radius 2 is 2.17 bits per heavy atom. The first-order chi connectivity index (χ1) is 11.7. The number of ether oxygens (including phenoxy) is 1. The predicted molar refractivity (Wildman–Crippen MR) is 88.0 cm³/mol. The van der Waals surface area contributed by atoms with Crippen molar-refractivity contribution in [3.8, 4) is 11.8 Å². The second-order valence-electron chi connectivity index (χ2n) is 4.69. The molecule has 0 atom stereocenters. The lowest BCUT2D eigenvalue weighted by Gasteiger charge is -2.05. The van der Waals surface area contributed by atoms with Gasteiger partial charge in [-0.25, -0.2) is 0 Å². The fourth-order valence-corrected chi connectivity index (χ4v) is 2.40. The number of anilines is 1. The summed E-state index contributed by atoms with van der Waals surface area (Å²) < 4.78 is 16.3. The van der Waals surface area contributed by atoms with Crippen LogP contribution in [0.4, 0.5) is 5.88 Å². The van der Waals surface area contributed by atoms with Crippen molar-refractivity contribution in [1.29, 1.82) is 5.26 Å². The average Bonchev–Trinajstić information content (AvgIpc) is 3.21. The molecule has 0 spiro atoms. The highest BCUT2D eigenvalue weighted by atomic mass is 35.5. The van der Waals surface area contributed by atoms with Gasteiger partial charge in [0.25, 0.3) is 0 Å². The van der Waals surface area contributed by atoms with Crippen molar-refractivity contribution < 1.29 is 13.6 Å². The molecule has 0 saturated heterocycles. The third-order valence-electron chi connectivity index (χ3n) is 3.03. The molecule has 1 N–H and O–H groups in total. The van der Waals surface area contributed by atoms with Gasteiger partial charge in [0.05, 0.1) is 17.8 Å². The molecule has 0 fully saturated rings. The molecule has 3 aromatic rings. The van der Waals surface area contributed by atoms with E-state index in [-0.39, 0.29) is 24.1 Å². The molecule has 1 aromatic carbocycles. The van der Waals surface area contributed by atoms with Crippen molar-refractivity contribution in [2.24, 2.45) is 0 Å². The Hall–Kier alpha value is -2.62. The first-order valence-corrected chi connectivity index (χ1v) is 7.65. The van der Waals surface area contributed by atoms with Gasteiger partial charge in [0.1, 0.15) is 17.6 Å². The van der Waals surface area contributed by atoms with E-state index in [4.69, 9.17) is 42.0 Å². The van der Waals surface area contributed by atoms with Gasteiger partial charge in [0.2, 0.25) is 17.5 Å². The van der Waals surface area contributed by atoms with Crippen molar-refractivity contribution in [2.45, 2.75) is 13.2 Å². The van der Waals surface area contributed by atoms with Gasteiger partial charge in [-0.2, -0.15) is 10.2 Å². The number of halogens is 2. The molecule has 24 heavy (non-hydrogen) atoms. The van der Waals surface area contributed by atoms with Gasteiger partial charge in [-0.3, -0.25) is 0 Å². The third-order valence-corrected chi connectivity index (χ3v) is 3.56. The summed E-state index contributed by atoms with van der Waals surface area (Å²) in [5, 5.41) is 13.0. The topological polar surface area (TPSA) is 84.2 Å². The summed E-state index contributed by atoms with van der Waals surface area (Å²) in [6.45, 7) is 0.401. The maximum atomic E-state index is 9.14. The molecule has 0 saturated carbocycles. The van der Waals surface area contributed by atoms with Crippen LogP contribution in [0.5, 0.6) is 5.75 Å². The molecule has 2 aromatic heterocycles. The molecule has 0 aliphatic heterocycles. The highest BCUT2D eigenvalue weighted by Crippen LogP contribution is 2.28. The van der Waals surface area contributed by atoms with Gasteiger partial charge in [0, 0.05) is 5.02 Å². The van der Waals surface area contributed by atoms with Crippen LogP contribution in [-0.2, 0) is 13.2 Å². The number of nitriles is 1. The molecular weight excluding hydrogens is 353 g/mol. The van der Waals surface area contributed by atoms with E-state index < -0.39 is 0 Å². The van der Waals surface area contributed by atoms with E-state index in [2.05, 4.69) is 10.3 Å². The largest absolute Gasteiger partial charge is 0.482 e. The highest BCUT2D eigenvalue weighted by Gasteiger charge is 2.14. The number of furan rings is 1. The van der Waals surface area contributed by atoms with Crippen molar-refractivity contribution in [1.82, 2.24) is 4.98 Å². The Morgan fingerprint density at radius 1 is 1.29 bits per heavy atom. The molecular formula is C16H11Cl2N3O3. The molecule has 0 amide bonds. The minimum atomic E-state index is 0.0263. The van der Waals surface area contributed by atoms with Crippen LogP contribution in [0, 0.1) is 11.3 Å². The standard InChI is InChI=1S/C16H11Cl2N3O3/c17-10-3-4-14(12(18)6-10)23-9-15-21-13(7-19)16(24-15)20-8-11-2-1-5-22-11/h1-6,20H,8-9H2. The lowest BCUT2D eigenvalue weighted by Crippen LogP contribution is -1.98. The minimum Gasteiger partial charge on any atom is -0.482 e. The van der Waals surface area contributed by atoms with Crippen molar-refractivity contribution in [3.63, 3.8) is 0 Å². The summed E-state index contributed by atoms with van der Waals surface area (Å²) >= 11 is 11.9. The Labute approximate surface area is 147 Å². The monoisotopic (exact) mass is 363 g/mol. The Bertz CT molecular complexity index is 869. The zero-order chi connectivity index (χ0) is 16.9. The van der Waals surface area contributed by atoms with Crippen LogP contribution in [0.3, 0.4) is 0 Å². The molecule has 122 valence electrons. The van der Waals surface area contributed by atoms with Gasteiger partial charge in [0.15, 0.2) is 6.61 Å². The first-order valence-electron chi connectivity index (χ1n) is 6.89. The van der Waals surface area contributed by atoms with Crippen LogP contribution in [0.15, 0.2) is 45.4 Å². The van der Waals surface area contributed by atoms with E-state index in [0.717, 1.165) is 0 Å². The fourth-order valence-electron chi connectivity index (χ4n) is 1.93. The number of benzene rings is 1. The van der Waals surface area contributed by atoms with Crippen molar-refractivity contribution in [3.05, 3.63) is 64.0 Å². The summed E-state index contributed by atoms with van der Waals surface area (Å²) in [4.78, 5) is 4.08. The van der Waals surface area contributed by atoms with E-state index in [1.165, 1.54) is 0 Å². The van der Waals surface area contributed by atoms with Crippen molar-refractivity contribution in [2.75, 3.05) is 5.32 Å². The van der Waals surface area contributed by atoms with Crippen LogP contribution >= 0.6 is 23.2 Å². The van der Waals surface area contributed by atoms with Crippen LogP contribution in [0.1, 0.15) is 17.3 Å². The molecule has 0 aliphatic carbocycles. The number of hydrogen-bond donors (Lipinski definition) is 1. The van der Waals surface area contributed by atoms with Crippen molar-refractivity contribution >= 4 is 29.1 Å². The second-order valence-corrected chi connectivity index (χ2v) is 5.54. The van der Waals surface area contributed by atoms with Crippen LogP contribution < -0.4 is 10.1 Å². The Balaban J connectivity index is 1.67. The Morgan fingerprint density at radius 3 is 2.88 bits per heavy atom. The molecule has 0 aliphatic rings. The zero-order valence-electron chi connectivity index (χ0n) is 12.3. The summed E-state index contributed by atoms with van der Waals surface area (Å²) in [7, 11) is 0. The van der Waals surface area contributed by atoms with Gasteiger partial charge < -0.3 is 18.9 Å².